The number of aryl methyl sites for hydroxylation is 1. The maximum Gasteiger partial charge on any atom is 0.303 e. The number of carbonyl (C=O) groups excluding carboxylic acids is 1. The highest BCUT2D eigenvalue weighted by Crippen LogP contribution is 2.38. The Hall–Kier alpha value is -1.57. The summed E-state index contributed by atoms with van der Waals surface area (Å²) in [6.07, 6.45) is 1.97. The van der Waals surface area contributed by atoms with E-state index in [2.05, 4.69) is 76.9 Å². The molecule has 0 aliphatic carbocycles. The van der Waals surface area contributed by atoms with E-state index in [0.717, 1.165) is 12.8 Å². The van der Waals surface area contributed by atoms with Gasteiger partial charge in [-0.1, -0.05) is 62.9 Å². The second kappa shape index (κ2) is 9.94. The number of ether oxygens (including phenoxy) is 1. The Bertz CT molecular complexity index is 620. The summed E-state index contributed by atoms with van der Waals surface area (Å²) in [7, 11) is -1.89. The van der Waals surface area contributed by atoms with E-state index >= 15 is 0 Å². The standard InChI is InChI=1S/C22H34O3Si/c1-18(12-11-17-24-19(2)23)21(25-26(6,7)22(3,4)5)16-15-20-13-9-8-10-14-20/h8-10,13-14,18,21H,15-17H2,1-7H3/t18-,21+/m1/s1. The molecule has 0 N–H and O–H groups in total. The molecular formula is C22H34O3Si. The largest absolute Gasteiger partial charge is 0.453 e. The number of carbonyl (C=O) groups is 1. The van der Waals surface area contributed by atoms with Crippen LogP contribution >= 0.6 is 0 Å². The molecule has 0 spiro atoms. The van der Waals surface area contributed by atoms with E-state index in [1.54, 1.807) is 0 Å². The Kier molecular flexibility index (Phi) is 8.59. The number of hydrogen-bond acceptors (Lipinski definition) is 3. The highest BCUT2D eigenvalue weighted by molar-refractivity contribution is 6.74. The van der Waals surface area contributed by atoms with E-state index in [1.165, 1.54) is 12.5 Å². The van der Waals surface area contributed by atoms with E-state index < -0.39 is 8.32 Å². The summed E-state index contributed by atoms with van der Waals surface area (Å²) in [6, 6.07) is 10.5. The lowest BCUT2D eigenvalue weighted by atomic mass is 9.98. The molecule has 4 heteroatoms. The van der Waals surface area contributed by atoms with Gasteiger partial charge >= 0.3 is 5.97 Å². The minimum Gasteiger partial charge on any atom is -0.453 e. The topological polar surface area (TPSA) is 35.5 Å². The molecule has 0 aromatic heterocycles. The molecular weight excluding hydrogens is 340 g/mol. The van der Waals surface area contributed by atoms with E-state index in [1.807, 2.05) is 6.07 Å². The molecule has 0 unspecified atom stereocenters. The average Bonchev–Trinajstić information content (AvgIpc) is 2.55. The Balaban J connectivity index is 2.84. The van der Waals surface area contributed by atoms with E-state index in [4.69, 9.17) is 9.16 Å². The van der Waals surface area contributed by atoms with Crippen molar-refractivity contribution in [2.75, 3.05) is 6.61 Å². The van der Waals surface area contributed by atoms with Crippen molar-refractivity contribution in [1.29, 1.82) is 0 Å². The summed E-state index contributed by atoms with van der Waals surface area (Å²) < 4.78 is 11.6. The van der Waals surface area contributed by atoms with Gasteiger partial charge in [0.15, 0.2) is 14.9 Å². The van der Waals surface area contributed by atoms with Gasteiger partial charge in [-0.15, -0.1) is 0 Å². The minimum absolute atomic E-state index is 0.0703. The maximum atomic E-state index is 10.9. The van der Waals surface area contributed by atoms with Crippen molar-refractivity contribution in [2.45, 2.75) is 71.7 Å². The van der Waals surface area contributed by atoms with Gasteiger partial charge in [-0.05, 0) is 43.5 Å². The summed E-state index contributed by atoms with van der Waals surface area (Å²) in [6.45, 7) is 15.0. The first-order valence-corrected chi connectivity index (χ1v) is 12.3. The van der Waals surface area contributed by atoms with Gasteiger partial charge in [-0.3, -0.25) is 4.79 Å². The lowest BCUT2D eigenvalue weighted by Crippen LogP contribution is -2.45. The maximum absolute atomic E-state index is 10.9. The van der Waals surface area contributed by atoms with Crippen LogP contribution in [-0.4, -0.2) is 27.0 Å². The molecule has 0 fully saturated rings. The van der Waals surface area contributed by atoms with Crippen LogP contribution in [0.5, 0.6) is 0 Å². The van der Waals surface area contributed by atoms with Gasteiger partial charge in [0, 0.05) is 12.8 Å². The Morgan fingerprint density at radius 3 is 2.35 bits per heavy atom. The second-order valence-electron chi connectivity index (χ2n) is 8.33. The third-order valence-corrected chi connectivity index (χ3v) is 9.55. The predicted molar refractivity (Wildman–Crippen MR) is 110 cm³/mol. The number of hydrogen-bond donors (Lipinski definition) is 0. The summed E-state index contributed by atoms with van der Waals surface area (Å²) >= 11 is 0. The van der Waals surface area contributed by atoms with Crippen LogP contribution in [0.25, 0.3) is 0 Å². The summed E-state index contributed by atoms with van der Waals surface area (Å²) in [5.41, 5.74) is 1.32. The van der Waals surface area contributed by atoms with Crippen molar-refractivity contribution in [3.05, 3.63) is 35.9 Å². The van der Waals surface area contributed by atoms with E-state index in [9.17, 15) is 4.79 Å². The molecule has 1 aromatic rings. The number of esters is 1. The third kappa shape index (κ3) is 7.76. The molecule has 3 nitrogen and oxygen atoms in total. The third-order valence-electron chi connectivity index (χ3n) is 5.05. The zero-order valence-electron chi connectivity index (χ0n) is 17.4. The van der Waals surface area contributed by atoms with Crippen LogP contribution in [0.1, 0.15) is 46.6 Å². The fraction of sp³-hybridized carbons (Fsp3) is 0.591. The minimum atomic E-state index is -1.89. The van der Waals surface area contributed by atoms with Crippen LogP contribution in [-0.2, 0) is 20.4 Å². The van der Waals surface area contributed by atoms with Crippen LogP contribution in [0.3, 0.4) is 0 Å². The highest BCUT2D eigenvalue weighted by atomic mass is 28.4. The van der Waals surface area contributed by atoms with Crippen molar-refractivity contribution in [3.8, 4) is 11.8 Å². The second-order valence-corrected chi connectivity index (χ2v) is 13.1. The molecule has 2 atom stereocenters. The van der Waals surface area contributed by atoms with Crippen LogP contribution in [0.2, 0.25) is 18.1 Å². The fourth-order valence-electron chi connectivity index (χ4n) is 2.35. The zero-order valence-corrected chi connectivity index (χ0v) is 18.4. The highest BCUT2D eigenvalue weighted by Gasteiger charge is 2.39. The van der Waals surface area contributed by atoms with Crippen molar-refractivity contribution in [3.63, 3.8) is 0 Å². The quantitative estimate of drug-likeness (QED) is 0.373. The van der Waals surface area contributed by atoms with Crippen molar-refractivity contribution >= 4 is 14.3 Å². The first kappa shape index (κ1) is 22.5. The van der Waals surface area contributed by atoms with E-state index in [-0.39, 0.29) is 29.6 Å². The SMILES string of the molecule is CC(=O)OCC#C[C@@H](C)[C@H](CCc1ccccc1)O[Si](C)(C)C(C)(C)C. The summed E-state index contributed by atoms with van der Waals surface area (Å²) in [5.74, 6) is 5.97. The number of benzene rings is 1. The van der Waals surface area contributed by atoms with Gasteiger partial charge in [0.2, 0.25) is 0 Å². The molecule has 144 valence electrons. The molecule has 0 heterocycles. The predicted octanol–water partition coefficient (Wildman–Crippen LogP) is 5.21. The lowest BCUT2D eigenvalue weighted by molar-refractivity contribution is -0.139. The van der Waals surface area contributed by atoms with Gasteiger partial charge < -0.3 is 9.16 Å². The van der Waals surface area contributed by atoms with Crippen LogP contribution < -0.4 is 0 Å². The van der Waals surface area contributed by atoms with Crippen molar-refractivity contribution < 1.29 is 14.0 Å². The van der Waals surface area contributed by atoms with Crippen LogP contribution in [0.15, 0.2) is 30.3 Å². The molecule has 0 aliphatic heterocycles. The van der Waals surface area contributed by atoms with Crippen molar-refractivity contribution in [1.82, 2.24) is 0 Å². The van der Waals surface area contributed by atoms with Gasteiger partial charge in [0.25, 0.3) is 0 Å². The molecule has 0 aliphatic rings. The smallest absolute Gasteiger partial charge is 0.303 e. The first-order chi connectivity index (χ1) is 12.0. The Morgan fingerprint density at radius 2 is 1.81 bits per heavy atom. The van der Waals surface area contributed by atoms with Gasteiger partial charge in [-0.2, -0.15) is 0 Å². The summed E-state index contributed by atoms with van der Waals surface area (Å²) in [5, 5.41) is 0.156. The van der Waals surface area contributed by atoms with Crippen LogP contribution in [0, 0.1) is 17.8 Å². The van der Waals surface area contributed by atoms with E-state index in [0.29, 0.717) is 0 Å². The van der Waals surface area contributed by atoms with Crippen LogP contribution in [0.4, 0.5) is 0 Å². The fourth-order valence-corrected chi connectivity index (χ4v) is 3.79. The molecule has 0 saturated carbocycles. The first-order valence-electron chi connectivity index (χ1n) is 9.36. The monoisotopic (exact) mass is 374 g/mol. The molecule has 1 rings (SSSR count). The lowest BCUT2D eigenvalue weighted by Gasteiger charge is -2.40. The normalized spacial score (nSPS) is 14.1. The van der Waals surface area contributed by atoms with Gasteiger partial charge in [0.05, 0.1) is 6.10 Å². The average molecular weight is 375 g/mol. The molecule has 0 saturated heterocycles. The molecule has 26 heavy (non-hydrogen) atoms. The molecule has 1 aromatic carbocycles. The Labute approximate surface area is 160 Å². The molecule has 0 radical (unpaired) electrons. The summed E-state index contributed by atoms with van der Waals surface area (Å²) in [4.78, 5) is 10.9. The molecule has 0 amide bonds. The van der Waals surface area contributed by atoms with Gasteiger partial charge in [-0.25, -0.2) is 0 Å². The number of rotatable bonds is 7. The molecule has 0 bridgehead atoms. The van der Waals surface area contributed by atoms with Crippen molar-refractivity contribution in [2.24, 2.45) is 5.92 Å². The van der Waals surface area contributed by atoms with Gasteiger partial charge in [0.1, 0.15) is 0 Å². The Morgan fingerprint density at radius 1 is 1.19 bits per heavy atom. The zero-order chi connectivity index (χ0) is 19.8.